The summed E-state index contributed by atoms with van der Waals surface area (Å²) in [5.74, 6) is 0. The molecule has 1 aliphatic heterocycles. The molecule has 0 atom stereocenters. The standard InChI is InChI=1S/C7H8N2O.ClH/c8-7(10)9-5-3-1-2-4-6-9;/h1-6H,(H2,8,10);1H. The van der Waals surface area contributed by atoms with Crippen molar-refractivity contribution in [2.24, 2.45) is 5.73 Å². The van der Waals surface area contributed by atoms with Crippen LogP contribution in [0.3, 0.4) is 0 Å². The lowest BCUT2D eigenvalue weighted by Gasteiger charge is -2.06. The van der Waals surface area contributed by atoms with Crippen molar-refractivity contribution in [3.8, 4) is 0 Å². The van der Waals surface area contributed by atoms with Gasteiger partial charge in [0, 0.05) is 12.4 Å². The Balaban J connectivity index is 0.000001000. The van der Waals surface area contributed by atoms with E-state index < -0.39 is 6.03 Å². The van der Waals surface area contributed by atoms with Gasteiger partial charge in [0.25, 0.3) is 0 Å². The van der Waals surface area contributed by atoms with E-state index in [9.17, 15) is 4.79 Å². The topological polar surface area (TPSA) is 46.3 Å². The number of rotatable bonds is 0. The molecule has 4 heteroatoms. The normalized spacial score (nSPS) is 14.0. The van der Waals surface area contributed by atoms with Crippen LogP contribution in [0.5, 0.6) is 0 Å². The molecule has 2 amide bonds. The number of carbonyl (C=O) groups is 1. The van der Waals surface area contributed by atoms with E-state index in [1.807, 2.05) is 12.2 Å². The molecule has 1 rings (SSSR count). The van der Waals surface area contributed by atoms with E-state index in [-0.39, 0.29) is 12.4 Å². The first kappa shape index (κ1) is 9.78. The lowest BCUT2D eigenvalue weighted by atomic mass is 10.5. The van der Waals surface area contributed by atoms with Crippen molar-refractivity contribution < 1.29 is 4.79 Å². The van der Waals surface area contributed by atoms with Gasteiger partial charge in [0.15, 0.2) is 0 Å². The van der Waals surface area contributed by atoms with Crippen molar-refractivity contribution in [1.29, 1.82) is 0 Å². The van der Waals surface area contributed by atoms with Gasteiger partial charge in [0.1, 0.15) is 0 Å². The predicted octanol–water partition coefficient (Wildman–Crippen LogP) is 1.39. The number of nitrogens with two attached hydrogens (primary N) is 1. The molecule has 1 aliphatic rings. The zero-order chi connectivity index (χ0) is 7.40. The van der Waals surface area contributed by atoms with Crippen LogP contribution in [-0.2, 0) is 0 Å². The molecule has 0 aromatic carbocycles. The highest BCUT2D eigenvalue weighted by Gasteiger charge is 1.99. The van der Waals surface area contributed by atoms with Crippen molar-refractivity contribution in [3.05, 3.63) is 36.7 Å². The van der Waals surface area contributed by atoms with E-state index >= 15 is 0 Å². The van der Waals surface area contributed by atoms with Crippen LogP contribution in [0.4, 0.5) is 4.79 Å². The van der Waals surface area contributed by atoms with E-state index in [1.165, 1.54) is 4.90 Å². The monoisotopic (exact) mass is 172 g/mol. The first-order chi connectivity index (χ1) is 4.80. The maximum atomic E-state index is 10.5. The number of primary amides is 1. The summed E-state index contributed by atoms with van der Waals surface area (Å²) >= 11 is 0. The van der Waals surface area contributed by atoms with Crippen LogP contribution in [0.25, 0.3) is 0 Å². The zero-order valence-corrected chi connectivity index (χ0v) is 6.62. The average Bonchev–Trinajstić information content (AvgIpc) is 2.12. The highest BCUT2D eigenvalue weighted by molar-refractivity contribution is 5.85. The summed E-state index contributed by atoms with van der Waals surface area (Å²) in [4.78, 5) is 11.8. The first-order valence-corrected chi connectivity index (χ1v) is 2.90. The van der Waals surface area contributed by atoms with Crippen LogP contribution in [0, 0.1) is 0 Å². The largest absolute Gasteiger partial charge is 0.351 e. The number of urea groups is 1. The van der Waals surface area contributed by atoms with Gasteiger partial charge >= 0.3 is 6.03 Å². The fraction of sp³-hybridized carbons (Fsp3) is 0. The fourth-order valence-electron chi connectivity index (χ4n) is 0.610. The summed E-state index contributed by atoms with van der Waals surface area (Å²) in [5, 5.41) is 0. The molecule has 3 nitrogen and oxygen atoms in total. The van der Waals surface area contributed by atoms with Crippen LogP contribution in [0.15, 0.2) is 36.7 Å². The second-order valence-electron chi connectivity index (χ2n) is 1.81. The Kier molecular flexibility index (Phi) is 4.07. The molecule has 0 radical (unpaired) electrons. The lowest BCUT2D eigenvalue weighted by molar-refractivity contribution is 0.235. The molecule has 1 heterocycles. The molecule has 0 saturated heterocycles. The van der Waals surface area contributed by atoms with Gasteiger partial charge in [-0.2, -0.15) is 0 Å². The minimum Gasteiger partial charge on any atom is -0.351 e. The van der Waals surface area contributed by atoms with E-state index in [4.69, 9.17) is 5.73 Å². The molecule has 0 spiro atoms. The molecule has 0 aromatic heterocycles. The van der Waals surface area contributed by atoms with Crippen molar-refractivity contribution in [3.63, 3.8) is 0 Å². The Bertz CT molecular complexity index is 204. The van der Waals surface area contributed by atoms with Crippen LogP contribution in [-0.4, -0.2) is 10.9 Å². The maximum Gasteiger partial charge on any atom is 0.322 e. The number of amides is 2. The van der Waals surface area contributed by atoms with E-state index in [1.54, 1.807) is 24.6 Å². The number of nitrogens with zero attached hydrogens (tertiary/aromatic N) is 1. The summed E-state index contributed by atoms with van der Waals surface area (Å²) in [7, 11) is 0. The van der Waals surface area contributed by atoms with Gasteiger partial charge in [0.2, 0.25) is 0 Å². The zero-order valence-electron chi connectivity index (χ0n) is 5.81. The van der Waals surface area contributed by atoms with Gasteiger partial charge in [-0.15, -0.1) is 12.4 Å². The Morgan fingerprint density at radius 3 is 1.91 bits per heavy atom. The van der Waals surface area contributed by atoms with Gasteiger partial charge in [-0.25, -0.2) is 4.79 Å². The third-order valence-corrected chi connectivity index (χ3v) is 1.08. The summed E-state index contributed by atoms with van der Waals surface area (Å²) in [6.07, 6.45) is 10.3. The van der Waals surface area contributed by atoms with E-state index in [0.29, 0.717) is 0 Å². The summed E-state index contributed by atoms with van der Waals surface area (Å²) < 4.78 is 0. The highest BCUT2D eigenvalue weighted by Crippen LogP contribution is 1.96. The Morgan fingerprint density at radius 2 is 1.55 bits per heavy atom. The molecule has 0 saturated carbocycles. The fourth-order valence-corrected chi connectivity index (χ4v) is 0.610. The molecular formula is C7H9ClN2O. The number of hydrogen-bond donors (Lipinski definition) is 1. The highest BCUT2D eigenvalue weighted by atomic mass is 35.5. The molecule has 0 aromatic rings. The Morgan fingerprint density at radius 1 is 1.09 bits per heavy atom. The molecule has 60 valence electrons. The number of allylic oxidation sites excluding steroid dienone is 4. The summed E-state index contributed by atoms with van der Waals surface area (Å²) in [6, 6.07) is -0.476. The first-order valence-electron chi connectivity index (χ1n) is 2.90. The quantitative estimate of drug-likeness (QED) is 0.590. The minimum atomic E-state index is -0.476. The van der Waals surface area contributed by atoms with Gasteiger partial charge in [0.05, 0.1) is 0 Å². The lowest BCUT2D eigenvalue weighted by Crippen LogP contribution is -2.25. The third-order valence-electron chi connectivity index (χ3n) is 1.08. The predicted molar refractivity (Wildman–Crippen MR) is 46.1 cm³/mol. The maximum absolute atomic E-state index is 10.5. The number of hydrogen-bond acceptors (Lipinski definition) is 1. The van der Waals surface area contributed by atoms with Crippen molar-refractivity contribution in [2.75, 3.05) is 0 Å². The number of halogens is 1. The van der Waals surface area contributed by atoms with E-state index in [0.717, 1.165) is 0 Å². The smallest absolute Gasteiger partial charge is 0.322 e. The van der Waals surface area contributed by atoms with Crippen molar-refractivity contribution in [1.82, 2.24) is 4.90 Å². The van der Waals surface area contributed by atoms with Gasteiger partial charge < -0.3 is 5.73 Å². The molecule has 0 aliphatic carbocycles. The van der Waals surface area contributed by atoms with Crippen molar-refractivity contribution >= 4 is 18.4 Å². The van der Waals surface area contributed by atoms with E-state index in [2.05, 4.69) is 0 Å². The van der Waals surface area contributed by atoms with Crippen molar-refractivity contribution in [2.45, 2.75) is 0 Å². The van der Waals surface area contributed by atoms with Crippen LogP contribution in [0.2, 0.25) is 0 Å². The molecule has 0 bridgehead atoms. The number of carbonyl (C=O) groups excluding carboxylic acids is 1. The minimum absolute atomic E-state index is 0. The van der Waals surface area contributed by atoms with Gasteiger partial charge in [-0.1, -0.05) is 12.2 Å². The Hall–Kier alpha value is -1.22. The van der Waals surface area contributed by atoms with Gasteiger partial charge in [-0.05, 0) is 12.2 Å². The molecular weight excluding hydrogens is 164 g/mol. The SMILES string of the molecule is Cl.NC(=O)N1C=CC=CC=C1. The average molecular weight is 173 g/mol. The second-order valence-corrected chi connectivity index (χ2v) is 1.81. The summed E-state index contributed by atoms with van der Waals surface area (Å²) in [6.45, 7) is 0. The third kappa shape index (κ3) is 2.91. The van der Waals surface area contributed by atoms with Crippen LogP contribution in [0.1, 0.15) is 0 Å². The molecule has 2 N–H and O–H groups in total. The summed E-state index contributed by atoms with van der Waals surface area (Å²) in [5.41, 5.74) is 4.99. The molecule has 0 fully saturated rings. The molecule has 11 heavy (non-hydrogen) atoms. The Labute approximate surface area is 71.3 Å². The van der Waals surface area contributed by atoms with Gasteiger partial charge in [-0.3, -0.25) is 4.90 Å². The second kappa shape index (κ2) is 4.57. The van der Waals surface area contributed by atoms with Crippen LogP contribution >= 0.6 is 12.4 Å². The van der Waals surface area contributed by atoms with Crippen LogP contribution < -0.4 is 5.73 Å². The molecule has 0 unspecified atom stereocenters.